The van der Waals surface area contributed by atoms with E-state index in [0.717, 1.165) is 31.2 Å². The van der Waals surface area contributed by atoms with Crippen LogP contribution in [0.15, 0.2) is 29.2 Å². The summed E-state index contributed by atoms with van der Waals surface area (Å²) >= 11 is 0. The van der Waals surface area contributed by atoms with Crippen molar-refractivity contribution in [2.24, 2.45) is 0 Å². The van der Waals surface area contributed by atoms with Crippen molar-refractivity contribution in [1.82, 2.24) is 9.62 Å². The third-order valence-electron chi connectivity index (χ3n) is 4.31. The van der Waals surface area contributed by atoms with Crippen molar-refractivity contribution in [3.63, 3.8) is 0 Å². The lowest BCUT2D eigenvalue weighted by Crippen LogP contribution is -2.50. The zero-order valence-electron chi connectivity index (χ0n) is 13.2. The van der Waals surface area contributed by atoms with Crippen molar-refractivity contribution in [2.75, 3.05) is 13.2 Å². The first-order chi connectivity index (χ1) is 11.0. The maximum Gasteiger partial charge on any atom is 0.331 e. The number of nitrogens with zero attached hydrogens (tertiary/aromatic N) is 1. The molecule has 1 aromatic rings. The predicted octanol–water partition coefficient (Wildman–Crippen LogP) is 2.04. The highest BCUT2D eigenvalue weighted by atomic mass is 32.2. The van der Waals surface area contributed by atoms with Crippen LogP contribution in [0.5, 0.6) is 0 Å². The van der Waals surface area contributed by atoms with Gasteiger partial charge >= 0.3 is 6.03 Å². The highest BCUT2D eigenvalue weighted by Gasteiger charge is 2.39. The molecule has 126 valence electrons. The second-order valence-electron chi connectivity index (χ2n) is 6.21. The molecule has 3 rings (SSSR count). The number of hydrogen-bond acceptors (Lipinski definition) is 4. The number of hydrogen-bond donors (Lipinski definition) is 1. The lowest BCUT2D eigenvalue weighted by atomic mass is 10.1. The van der Waals surface area contributed by atoms with Crippen LogP contribution in [0.2, 0.25) is 0 Å². The molecule has 7 heteroatoms. The van der Waals surface area contributed by atoms with Crippen LogP contribution in [-0.4, -0.2) is 44.6 Å². The summed E-state index contributed by atoms with van der Waals surface area (Å²) in [5.74, 6) is 0. The molecule has 1 saturated carbocycles. The minimum Gasteiger partial charge on any atom is -0.381 e. The van der Waals surface area contributed by atoms with Gasteiger partial charge in [0.05, 0.1) is 4.90 Å². The molecule has 1 saturated heterocycles. The molecule has 23 heavy (non-hydrogen) atoms. The van der Waals surface area contributed by atoms with E-state index in [1.807, 2.05) is 6.92 Å². The lowest BCUT2D eigenvalue weighted by Gasteiger charge is -2.34. The molecule has 0 radical (unpaired) electrons. The molecule has 1 N–H and O–H groups in total. The van der Waals surface area contributed by atoms with Crippen LogP contribution < -0.4 is 4.72 Å². The minimum atomic E-state index is -3.84. The van der Waals surface area contributed by atoms with Gasteiger partial charge in [-0.25, -0.2) is 17.9 Å². The Morgan fingerprint density at radius 1 is 1.09 bits per heavy atom. The van der Waals surface area contributed by atoms with E-state index in [9.17, 15) is 13.2 Å². The predicted molar refractivity (Wildman–Crippen MR) is 85.6 cm³/mol. The van der Waals surface area contributed by atoms with Crippen molar-refractivity contribution in [3.8, 4) is 0 Å². The Morgan fingerprint density at radius 3 is 2.22 bits per heavy atom. The van der Waals surface area contributed by atoms with E-state index in [2.05, 4.69) is 4.72 Å². The number of benzene rings is 1. The lowest BCUT2D eigenvalue weighted by molar-refractivity contribution is 0.0446. The van der Waals surface area contributed by atoms with Gasteiger partial charge < -0.3 is 9.64 Å². The molecule has 0 bridgehead atoms. The van der Waals surface area contributed by atoms with E-state index in [-0.39, 0.29) is 17.0 Å². The van der Waals surface area contributed by atoms with Crippen molar-refractivity contribution in [2.45, 2.75) is 49.6 Å². The van der Waals surface area contributed by atoms with E-state index in [0.29, 0.717) is 13.2 Å². The Balaban J connectivity index is 1.74. The Bertz CT molecular complexity index is 662. The molecule has 2 aliphatic rings. The summed E-state index contributed by atoms with van der Waals surface area (Å²) in [6.07, 6.45) is 3.40. The van der Waals surface area contributed by atoms with Gasteiger partial charge in [-0.05, 0) is 44.7 Å². The topological polar surface area (TPSA) is 75.7 Å². The first kappa shape index (κ1) is 16.3. The number of rotatable bonds is 4. The molecular formula is C16H22N2O4S. The third kappa shape index (κ3) is 3.84. The second-order valence-corrected chi connectivity index (χ2v) is 7.89. The van der Waals surface area contributed by atoms with Crippen LogP contribution in [0, 0.1) is 6.92 Å². The van der Waals surface area contributed by atoms with Crippen molar-refractivity contribution >= 4 is 16.1 Å². The zero-order chi connectivity index (χ0) is 16.4. The first-order valence-electron chi connectivity index (χ1n) is 7.97. The number of ether oxygens (including phenoxy) is 1. The van der Waals surface area contributed by atoms with E-state index in [1.165, 1.54) is 12.1 Å². The summed E-state index contributed by atoms with van der Waals surface area (Å²) in [6, 6.07) is 6.17. The molecule has 0 unspecified atom stereocenters. The van der Waals surface area contributed by atoms with Crippen LogP contribution in [0.4, 0.5) is 4.79 Å². The Kier molecular flexibility index (Phi) is 4.59. The molecule has 1 aromatic carbocycles. The van der Waals surface area contributed by atoms with Gasteiger partial charge in [-0.3, -0.25) is 0 Å². The maximum absolute atomic E-state index is 12.6. The summed E-state index contributed by atoms with van der Waals surface area (Å²) in [5.41, 5.74) is 0.970. The molecule has 1 aliphatic heterocycles. The fourth-order valence-corrected chi connectivity index (χ4v) is 3.84. The quantitative estimate of drug-likeness (QED) is 0.911. The number of urea groups is 1. The van der Waals surface area contributed by atoms with Gasteiger partial charge in [0.25, 0.3) is 10.0 Å². The Morgan fingerprint density at radius 2 is 1.65 bits per heavy atom. The summed E-state index contributed by atoms with van der Waals surface area (Å²) in [4.78, 5) is 14.4. The number of carbonyl (C=O) groups is 1. The molecule has 1 aliphatic carbocycles. The van der Waals surface area contributed by atoms with Crippen LogP contribution in [0.3, 0.4) is 0 Å². The molecule has 0 aromatic heterocycles. The standard InChI is InChI=1S/C16H22N2O4S/c1-12-2-6-15(7-3-12)23(20,21)17-16(19)18(13-4-5-13)14-8-10-22-11-9-14/h2-3,6-7,13-14H,4-5,8-11H2,1H3,(H,17,19). The highest BCUT2D eigenvalue weighted by Crippen LogP contribution is 2.31. The van der Waals surface area contributed by atoms with Crippen molar-refractivity contribution < 1.29 is 17.9 Å². The molecule has 0 atom stereocenters. The Hall–Kier alpha value is -1.60. The Labute approximate surface area is 136 Å². The zero-order valence-corrected chi connectivity index (χ0v) is 14.0. The minimum absolute atomic E-state index is 0.0597. The van der Waals surface area contributed by atoms with Crippen LogP contribution in [0.25, 0.3) is 0 Å². The molecule has 1 heterocycles. The molecule has 2 amide bonds. The number of amides is 2. The molecule has 0 spiro atoms. The number of carbonyl (C=O) groups excluding carboxylic acids is 1. The first-order valence-corrected chi connectivity index (χ1v) is 9.45. The van der Waals surface area contributed by atoms with Gasteiger partial charge in [0.15, 0.2) is 0 Å². The van der Waals surface area contributed by atoms with Gasteiger partial charge in [0.2, 0.25) is 0 Å². The molecular weight excluding hydrogens is 316 g/mol. The summed E-state index contributed by atoms with van der Waals surface area (Å²) in [7, 11) is -3.84. The summed E-state index contributed by atoms with van der Waals surface area (Å²) in [5, 5.41) is 0. The van der Waals surface area contributed by atoms with E-state index < -0.39 is 16.1 Å². The van der Waals surface area contributed by atoms with E-state index in [1.54, 1.807) is 17.0 Å². The monoisotopic (exact) mass is 338 g/mol. The van der Waals surface area contributed by atoms with Crippen LogP contribution >= 0.6 is 0 Å². The molecule has 6 nitrogen and oxygen atoms in total. The van der Waals surface area contributed by atoms with Crippen LogP contribution in [-0.2, 0) is 14.8 Å². The maximum atomic E-state index is 12.6. The van der Waals surface area contributed by atoms with E-state index >= 15 is 0 Å². The van der Waals surface area contributed by atoms with Crippen LogP contribution in [0.1, 0.15) is 31.2 Å². The molecule has 2 fully saturated rings. The van der Waals surface area contributed by atoms with Crippen molar-refractivity contribution in [1.29, 1.82) is 0 Å². The summed E-state index contributed by atoms with van der Waals surface area (Å²) in [6.45, 7) is 3.12. The normalized spacial score (nSPS) is 19.3. The number of sulfonamides is 1. The second kappa shape index (κ2) is 6.49. The summed E-state index contributed by atoms with van der Waals surface area (Å²) < 4.78 is 32.4. The van der Waals surface area contributed by atoms with Gasteiger partial charge in [-0.15, -0.1) is 0 Å². The van der Waals surface area contributed by atoms with Gasteiger partial charge in [-0.1, -0.05) is 17.7 Å². The van der Waals surface area contributed by atoms with E-state index in [4.69, 9.17) is 4.74 Å². The highest BCUT2D eigenvalue weighted by molar-refractivity contribution is 7.90. The number of nitrogens with one attached hydrogen (secondary N) is 1. The SMILES string of the molecule is Cc1ccc(S(=O)(=O)NC(=O)N(C2CCOCC2)C2CC2)cc1. The number of aryl methyl sites for hydroxylation is 1. The fraction of sp³-hybridized carbons (Fsp3) is 0.562. The van der Waals surface area contributed by atoms with Crippen molar-refractivity contribution in [3.05, 3.63) is 29.8 Å². The third-order valence-corrected chi connectivity index (χ3v) is 5.65. The fourth-order valence-electron chi connectivity index (χ4n) is 2.89. The average Bonchev–Trinajstić information content (AvgIpc) is 3.33. The smallest absolute Gasteiger partial charge is 0.331 e. The largest absolute Gasteiger partial charge is 0.381 e. The average molecular weight is 338 g/mol. The van der Waals surface area contributed by atoms with Gasteiger partial charge in [0.1, 0.15) is 0 Å². The van der Waals surface area contributed by atoms with Gasteiger partial charge in [0, 0.05) is 25.3 Å². The van der Waals surface area contributed by atoms with Gasteiger partial charge in [-0.2, -0.15) is 0 Å².